The third-order valence-corrected chi connectivity index (χ3v) is 4.32. The largest absolute Gasteiger partial charge is 0.390 e. The van der Waals surface area contributed by atoms with Gasteiger partial charge in [-0.2, -0.15) is 13.2 Å². The Morgan fingerprint density at radius 2 is 2.05 bits per heavy atom. The van der Waals surface area contributed by atoms with E-state index in [1.165, 1.54) is 0 Å². The zero-order valence-corrected chi connectivity index (χ0v) is 14.8. The number of nitrogens with zero attached hydrogens (tertiary/aromatic N) is 1. The highest BCUT2D eigenvalue weighted by molar-refractivity contribution is 14.0. The summed E-state index contributed by atoms with van der Waals surface area (Å²) in [6.45, 7) is 4.82. The molecule has 0 aromatic rings. The Labute approximate surface area is 140 Å². The van der Waals surface area contributed by atoms with Gasteiger partial charge >= 0.3 is 6.18 Å². The Balaban J connectivity index is 0.00000220. The summed E-state index contributed by atoms with van der Waals surface area (Å²) in [7, 11) is 1.57. The monoisotopic (exact) mass is 421 g/mol. The van der Waals surface area contributed by atoms with Gasteiger partial charge in [0.2, 0.25) is 0 Å². The van der Waals surface area contributed by atoms with Gasteiger partial charge in [0.15, 0.2) is 5.96 Å². The fourth-order valence-corrected chi connectivity index (χ4v) is 3.28. The molecule has 8 heteroatoms. The molecule has 3 atom stereocenters. The van der Waals surface area contributed by atoms with Crippen molar-refractivity contribution in [2.75, 3.05) is 20.2 Å². The van der Waals surface area contributed by atoms with E-state index >= 15 is 0 Å². The number of hydrogen-bond acceptors (Lipinski definition) is 2. The molecule has 0 amide bonds. The molecule has 0 bridgehead atoms. The number of aliphatic imine (C=N–C) groups is 1. The highest BCUT2D eigenvalue weighted by Crippen LogP contribution is 2.52. The molecule has 1 heterocycles. The van der Waals surface area contributed by atoms with Crippen molar-refractivity contribution in [2.24, 2.45) is 16.3 Å². The molecule has 0 radical (unpaired) electrons. The minimum atomic E-state index is -4.15. The Bertz CT molecular complexity index is 387. The van der Waals surface area contributed by atoms with Crippen molar-refractivity contribution >= 4 is 29.9 Å². The number of fused-ring (bicyclic) bond motifs is 1. The average molecular weight is 421 g/mol. The maximum Gasteiger partial charge on any atom is 0.390 e. The van der Waals surface area contributed by atoms with Crippen molar-refractivity contribution in [1.29, 1.82) is 0 Å². The highest BCUT2D eigenvalue weighted by atomic mass is 127. The average Bonchev–Trinajstić information content (AvgIpc) is 2.78. The molecule has 0 aromatic carbocycles. The summed E-state index contributed by atoms with van der Waals surface area (Å²) in [4.78, 5) is 4.00. The Kier molecular flexibility index (Phi) is 6.17. The van der Waals surface area contributed by atoms with Crippen molar-refractivity contribution in [3.63, 3.8) is 0 Å². The first kappa shape index (κ1) is 18.8. The number of nitrogens with one attached hydrogen (secondary N) is 2. The molecule has 124 valence electrons. The van der Waals surface area contributed by atoms with Gasteiger partial charge < -0.3 is 15.4 Å². The number of ether oxygens (including phenoxy) is 1. The van der Waals surface area contributed by atoms with Crippen LogP contribution in [-0.4, -0.2) is 44.5 Å². The first-order valence-electron chi connectivity index (χ1n) is 6.91. The van der Waals surface area contributed by atoms with Crippen LogP contribution in [0.5, 0.6) is 0 Å². The van der Waals surface area contributed by atoms with Crippen LogP contribution in [0, 0.1) is 11.3 Å². The van der Waals surface area contributed by atoms with Gasteiger partial charge in [0, 0.05) is 37.6 Å². The van der Waals surface area contributed by atoms with Crippen LogP contribution in [0.2, 0.25) is 0 Å². The maximum atomic E-state index is 12.1. The summed E-state index contributed by atoms with van der Waals surface area (Å²) in [5.41, 5.74) is -0.0250. The summed E-state index contributed by atoms with van der Waals surface area (Å²) in [5.74, 6) is 0.851. The smallest absolute Gasteiger partial charge is 0.377 e. The van der Waals surface area contributed by atoms with Gasteiger partial charge in [-0.25, -0.2) is 0 Å². The van der Waals surface area contributed by atoms with Gasteiger partial charge in [-0.15, -0.1) is 24.0 Å². The molecule has 1 aliphatic heterocycles. The van der Waals surface area contributed by atoms with Crippen molar-refractivity contribution in [1.82, 2.24) is 10.6 Å². The second kappa shape index (κ2) is 6.89. The van der Waals surface area contributed by atoms with E-state index in [9.17, 15) is 13.2 Å². The van der Waals surface area contributed by atoms with Crippen LogP contribution in [0.25, 0.3) is 0 Å². The van der Waals surface area contributed by atoms with Crippen LogP contribution in [0.15, 0.2) is 4.99 Å². The molecule has 4 nitrogen and oxygen atoms in total. The Morgan fingerprint density at radius 1 is 1.38 bits per heavy atom. The van der Waals surface area contributed by atoms with E-state index in [4.69, 9.17) is 4.74 Å². The van der Waals surface area contributed by atoms with Crippen LogP contribution >= 0.6 is 24.0 Å². The van der Waals surface area contributed by atoms with Crippen molar-refractivity contribution in [2.45, 2.75) is 45.0 Å². The van der Waals surface area contributed by atoms with Crippen LogP contribution in [0.4, 0.5) is 13.2 Å². The summed E-state index contributed by atoms with van der Waals surface area (Å²) in [5, 5.41) is 5.96. The molecule has 2 aliphatic rings. The fourth-order valence-electron chi connectivity index (χ4n) is 3.28. The molecule has 0 spiro atoms. The molecule has 2 fully saturated rings. The molecule has 1 saturated heterocycles. The fraction of sp³-hybridized carbons (Fsp3) is 0.923. The van der Waals surface area contributed by atoms with Crippen LogP contribution in [0.1, 0.15) is 26.7 Å². The van der Waals surface area contributed by atoms with Crippen LogP contribution in [-0.2, 0) is 4.74 Å². The number of hydrogen-bond donors (Lipinski definition) is 2. The second-order valence-electron chi connectivity index (χ2n) is 6.05. The number of alkyl halides is 3. The van der Waals surface area contributed by atoms with E-state index in [1.54, 1.807) is 7.05 Å². The third kappa shape index (κ3) is 4.14. The summed E-state index contributed by atoms with van der Waals surface area (Å²) in [6.07, 6.45) is -3.78. The summed E-state index contributed by atoms with van der Waals surface area (Å²) in [6, 6.07) is 0.187. The molecule has 21 heavy (non-hydrogen) atoms. The lowest BCUT2D eigenvalue weighted by atomic mass is 9.57. The van der Waals surface area contributed by atoms with Crippen molar-refractivity contribution in [3.05, 3.63) is 0 Å². The Morgan fingerprint density at radius 3 is 2.62 bits per heavy atom. The van der Waals surface area contributed by atoms with Gasteiger partial charge in [0.05, 0.1) is 12.5 Å². The molecular formula is C13H23F3IN3O. The van der Waals surface area contributed by atoms with Crippen molar-refractivity contribution in [3.8, 4) is 0 Å². The van der Waals surface area contributed by atoms with Crippen molar-refractivity contribution < 1.29 is 17.9 Å². The van der Waals surface area contributed by atoms with Gasteiger partial charge in [-0.05, 0) is 6.42 Å². The van der Waals surface area contributed by atoms with Gasteiger partial charge in [-0.1, -0.05) is 13.8 Å². The number of halogens is 4. The number of rotatable bonds is 3. The number of guanidine groups is 1. The zero-order chi connectivity index (χ0) is 15.0. The highest BCUT2D eigenvalue weighted by Gasteiger charge is 2.59. The SMILES string of the molecule is CN=C(NCCC(F)(F)F)NC1C2CCOC2C1(C)C.I. The minimum Gasteiger partial charge on any atom is -0.377 e. The normalized spacial score (nSPS) is 31.0. The molecule has 3 unspecified atom stereocenters. The topological polar surface area (TPSA) is 45.7 Å². The quantitative estimate of drug-likeness (QED) is 0.419. The summed E-state index contributed by atoms with van der Waals surface area (Å²) < 4.78 is 42.1. The lowest BCUT2D eigenvalue weighted by Gasteiger charge is -2.54. The molecule has 0 aromatic heterocycles. The van der Waals surface area contributed by atoms with E-state index in [2.05, 4.69) is 29.5 Å². The second-order valence-corrected chi connectivity index (χ2v) is 6.05. The zero-order valence-electron chi connectivity index (χ0n) is 12.5. The molecule has 2 rings (SSSR count). The third-order valence-electron chi connectivity index (χ3n) is 4.32. The first-order valence-corrected chi connectivity index (χ1v) is 6.91. The summed E-state index contributed by atoms with van der Waals surface area (Å²) >= 11 is 0. The van der Waals surface area contributed by atoms with E-state index in [0.29, 0.717) is 11.9 Å². The van der Waals surface area contributed by atoms with E-state index < -0.39 is 12.6 Å². The molecule has 1 aliphatic carbocycles. The van der Waals surface area contributed by atoms with Crippen LogP contribution < -0.4 is 10.6 Å². The van der Waals surface area contributed by atoms with Gasteiger partial charge in [0.25, 0.3) is 0 Å². The standard InChI is InChI=1S/C13H22F3N3O.HI/c1-12(2)9(8-4-7-20-10(8)12)19-11(17-3)18-6-5-13(14,15)16;/h8-10H,4-7H2,1-3H3,(H2,17,18,19);1H. The molecule has 1 saturated carbocycles. The lowest BCUT2D eigenvalue weighted by molar-refractivity contribution is -0.132. The van der Waals surface area contributed by atoms with E-state index in [0.717, 1.165) is 13.0 Å². The first-order chi connectivity index (χ1) is 9.25. The maximum absolute atomic E-state index is 12.1. The van der Waals surface area contributed by atoms with Crippen LogP contribution in [0.3, 0.4) is 0 Å². The predicted octanol–water partition coefficient (Wildman–Crippen LogP) is 2.54. The molecule has 2 N–H and O–H groups in total. The van der Waals surface area contributed by atoms with Gasteiger partial charge in [0.1, 0.15) is 0 Å². The lowest BCUT2D eigenvalue weighted by Crippen LogP contribution is -2.68. The predicted molar refractivity (Wildman–Crippen MR) is 86.0 cm³/mol. The van der Waals surface area contributed by atoms with E-state index in [-0.39, 0.29) is 48.1 Å². The Hall–Kier alpha value is -0.250. The van der Waals surface area contributed by atoms with Gasteiger partial charge in [-0.3, -0.25) is 4.99 Å². The molecular weight excluding hydrogens is 398 g/mol. The minimum absolute atomic E-state index is 0. The van der Waals surface area contributed by atoms with E-state index in [1.807, 2.05) is 0 Å².